The number of methoxy groups -OCH3 is 2. The van der Waals surface area contributed by atoms with E-state index >= 15 is 0 Å². The summed E-state index contributed by atoms with van der Waals surface area (Å²) >= 11 is 3.37. The Labute approximate surface area is 319 Å². The standard InChI is InChI=1S/C42H45BrN6O4/c1-26-27(2)41(50)46(3)24-35(26)30-17-38(52-4)36(39(18-30)53-5)25-47-22-33-19-34(23-47)49(33)21-28-9-6-10-29(15-28)37-12-8-14-48(37)42(51)31(20-44)16-32-11-7-13-40(43)45-32/h6-7,9-11,13,15-18,24,33-34,37H,8,12,14,19,21-23,25H2,1-5H3. The summed E-state index contributed by atoms with van der Waals surface area (Å²) in [6, 6.07) is 21.1. The van der Waals surface area contributed by atoms with Crippen molar-refractivity contribution in [2.45, 2.75) is 64.3 Å². The Morgan fingerprint density at radius 1 is 1.02 bits per heavy atom. The van der Waals surface area contributed by atoms with E-state index in [1.54, 1.807) is 38.0 Å². The Kier molecular flexibility index (Phi) is 10.6. The number of carbonyl (C=O) groups excluding carboxylic acids is 1. The summed E-state index contributed by atoms with van der Waals surface area (Å²) in [5.74, 6) is 1.30. The maximum atomic E-state index is 13.6. The molecule has 4 aliphatic rings. The molecule has 4 aromatic rings. The fourth-order valence-corrected chi connectivity index (χ4v) is 8.72. The van der Waals surface area contributed by atoms with Crippen LogP contribution in [-0.2, 0) is 24.9 Å². The molecule has 3 atom stereocenters. The van der Waals surface area contributed by atoms with E-state index in [0.717, 1.165) is 83.9 Å². The van der Waals surface area contributed by atoms with E-state index < -0.39 is 0 Å². The van der Waals surface area contributed by atoms with Crippen LogP contribution in [0.4, 0.5) is 0 Å². The molecule has 0 aliphatic carbocycles. The molecular formula is C42H45BrN6O4. The Balaban J connectivity index is 1.03. The number of nitriles is 1. The van der Waals surface area contributed by atoms with E-state index in [1.807, 2.05) is 37.1 Å². The first kappa shape index (κ1) is 36.6. The summed E-state index contributed by atoms with van der Waals surface area (Å²) in [7, 11) is 5.18. The fourth-order valence-electron chi connectivity index (χ4n) is 8.36. The number of pyridine rings is 2. The normalized spacial score (nSPS) is 20.2. The molecule has 274 valence electrons. The zero-order chi connectivity index (χ0) is 37.4. The average molecular weight is 778 g/mol. The number of ether oxygens (including phenoxy) is 2. The maximum absolute atomic E-state index is 13.6. The third kappa shape index (κ3) is 7.28. The summed E-state index contributed by atoms with van der Waals surface area (Å²) < 4.78 is 14.2. The van der Waals surface area contributed by atoms with Gasteiger partial charge in [-0.3, -0.25) is 19.4 Å². The minimum Gasteiger partial charge on any atom is -0.496 e. The van der Waals surface area contributed by atoms with Gasteiger partial charge in [0, 0.05) is 69.2 Å². The van der Waals surface area contributed by atoms with Gasteiger partial charge < -0.3 is 18.9 Å². The number of hydrogen-bond donors (Lipinski definition) is 0. The molecule has 53 heavy (non-hydrogen) atoms. The summed E-state index contributed by atoms with van der Waals surface area (Å²) in [4.78, 5) is 37.5. The zero-order valence-corrected chi connectivity index (χ0v) is 32.5. The van der Waals surface area contributed by atoms with Gasteiger partial charge >= 0.3 is 0 Å². The number of piperazine rings is 1. The van der Waals surface area contributed by atoms with Crippen LogP contribution in [-0.4, -0.2) is 76.1 Å². The van der Waals surface area contributed by atoms with Crippen molar-refractivity contribution in [3.8, 4) is 28.7 Å². The highest BCUT2D eigenvalue weighted by molar-refractivity contribution is 9.10. The average Bonchev–Trinajstić information content (AvgIpc) is 3.67. The predicted molar refractivity (Wildman–Crippen MR) is 208 cm³/mol. The Hall–Kier alpha value is -4.76. The van der Waals surface area contributed by atoms with Crippen molar-refractivity contribution in [1.29, 1.82) is 5.26 Å². The van der Waals surface area contributed by atoms with Crippen LogP contribution in [0.15, 0.2) is 75.8 Å². The van der Waals surface area contributed by atoms with Crippen molar-refractivity contribution >= 4 is 27.9 Å². The molecule has 8 rings (SSSR count). The van der Waals surface area contributed by atoms with Gasteiger partial charge in [0.25, 0.3) is 11.5 Å². The number of aryl methyl sites for hydroxylation is 1. The first-order chi connectivity index (χ1) is 25.6. The first-order valence-corrected chi connectivity index (χ1v) is 18.9. The van der Waals surface area contributed by atoms with Gasteiger partial charge in [0.2, 0.25) is 0 Å². The second-order valence-corrected chi connectivity index (χ2v) is 15.2. The van der Waals surface area contributed by atoms with Crippen LogP contribution in [0.2, 0.25) is 0 Å². The Morgan fingerprint density at radius 2 is 1.74 bits per heavy atom. The highest BCUT2D eigenvalue weighted by Crippen LogP contribution is 2.40. The SMILES string of the molecule is COc1cc(-c2cn(C)c(=O)c(C)c2C)cc(OC)c1CN1CC2CC(C1)N2Cc1cccc(C2CCCN2C(=O)C(C#N)=Cc2cccc(Br)n2)c1. The largest absolute Gasteiger partial charge is 0.496 e. The lowest BCUT2D eigenvalue weighted by Gasteiger charge is -2.56. The number of fused-ring (bicyclic) bond motifs is 2. The molecule has 0 saturated carbocycles. The zero-order valence-electron chi connectivity index (χ0n) is 30.9. The van der Waals surface area contributed by atoms with Crippen LogP contribution >= 0.6 is 15.9 Å². The third-order valence-corrected chi connectivity index (χ3v) is 11.7. The predicted octanol–water partition coefficient (Wildman–Crippen LogP) is 6.57. The van der Waals surface area contributed by atoms with Crippen LogP contribution in [0, 0.1) is 25.2 Å². The molecule has 6 heterocycles. The van der Waals surface area contributed by atoms with E-state index in [2.05, 4.69) is 73.2 Å². The van der Waals surface area contributed by atoms with Crippen LogP contribution in [0.1, 0.15) is 58.8 Å². The van der Waals surface area contributed by atoms with Crippen molar-refractivity contribution < 1.29 is 14.3 Å². The maximum Gasteiger partial charge on any atom is 0.265 e. The van der Waals surface area contributed by atoms with E-state index in [0.29, 0.717) is 28.9 Å². The van der Waals surface area contributed by atoms with Gasteiger partial charge in [0.15, 0.2) is 0 Å². The van der Waals surface area contributed by atoms with Crippen LogP contribution in [0.5, 0.6) is 11.5 Å². The van der Waals surface area contributed by atoms with Gasteiger partial charge in [0.05, 0.1) is 31.5 Å². The highest BCUT2D eigenvalue weighted by atomic mass is 79.9. The second-order valence-electron chi connectivity index (χ2n) is 14.4. The number of piperidine rings is 1. The van der Waals surface area contributed by atoms with E-state index in [4.69, 9.17) is 9.47 Å². The monoisotopic (exact) mass is 776 g/mol. The van der Waals surface area contributed by atoms with Gasteiger partial charge in [-0.05, 0) is 102 Å². The molecule has 2 bridgehead atoms. The van der Waals surface area contributed by atoms with Crippen LogP contribution < -0.4 is 15.0 Å². The topological polar surface area (TPSA) is 104 Å². The molecule has 2 aromatic carbocycles. The molecule has 11 heteroatoms. The molecule has 0 radical (unpaired) electrons. The number of carbonyl (C=O) groups is 1. The van der Waals surface area contributed by atoms with Crippen molar-refractivity contribution in [2.24, 2.45) is 7.05 Å². The molecular weight excluding hydrogens is 732 g/mol. The number of benzene rings is 2. The summed E-state index contributed by atoms with van der Waals surface area (Å²) in [6.45, 7) is 7.95. The van der Waals surface area contributed by atoms with Gasteiger partial charge in [-0.2, -0.15) is 5.26 Å². The highest BCUT2D eigenvalue weighted by Gasteiger charge is 2.44. The van der Waals surface area contributed by atoms with E-state index in [9.17, 15) is 14.9 Å². The number of amides is 1. The minimum absolute atomic E-state index is 0.00838. The third-order valence-electron chi connectivity index (χ3n) is 11.2. The van der Waals surface area contributed by atoms with Crippen LogP contribution in [0.25, 0.3) is 17.2 Å². The number of hydrogen-bond acceptors (Lipinski definition) is 8. The molecule has 4 aliphatic heterocycles. The molecule has 3 unspecified atom stereocenters. The fraction of sp³-hybridized carbons (Fsp3) is 0.381. The molecule has 1 amide bonds. The lowest BCUT2D eigenvalue weighted by molar-refractivity contribution is -0.127. The van der Waals surface area contributed by atoms with Crippen molar-refractivity contribution in [1.82, 2.24) is 24.3 Å². The van der Waals surface area contributed by atoms with Crippen molar-refractivity contribution in [2.75, 3.05) is 33.9 Å². The Bertz CT molecular complexity index is 2150. The van der Waals surface area contributed by atoms with Crippen molar-refractivity contribution in [3.63, 3.8) is 0 Å². The van der Waals surface area contributed by atoms with Gasteiger partial charge in [0.1, 0.15) is 27.7 Å². The molecule has 10 nitrogen and oxygen atoms in total. The minimum atomic E-state index is -0.250. The van der Waals surface area contributed by atoms with Gasteiger partial charge in [-0.25, -0.2) is 4.98 Å². The second kappa shape index (κ2) is 15.3. The lowest BCUT2D eigenvalue weighted by Crippen LogP contribution is -2.67. The number of likely N-dealkylation sites (tertiary alicyclic amines) is 1. The van der Waals surface area contributed by atoms with Gasteiger partial charge in [-0.15, -0.1) is 0 Å². The van der Waals surface area contributed by atoms with Crippen LogP contribution in [0.3, 0.4) is 0 Å². The molecule has 2 aromatic heterocycles. The van der Waals surface area contributed by atoms with Crippen molar-refractivity contribution in [3.05, 3.63) is 115 Å². The number of nitrogens with zero attached hydrogens (tertiary/aromatic N) is 6. The number of halogens is 1. The quantitative estimate of drug-likeness (QED) is 0.101. The molecule has 4 saturated heterocycles. The summed E-state index contributed by atoms with van der Waals surface area (Å²) in [5, 5.41) is 9.90. The number of aromatic nitrogens is 2. The van der Waals surface area contributed by atoms with E-state index in [-0.39, 0.29) is 23.1 Å². The first-order valence-electron chi connectivity index (χ1n) is 18.1. The van der Waals surface area contributed by atoms with Gasteiger partial charge in [-0.1, -0.05) is 30.3 Å². The number of rotatable bonds is 10. The smallest absolute Gasteiger partial charge is 0.265 e. The molecule has 4 fully saturated rings. The molecule has 0 spiro atoms. The van der Waals surface area contributed by atoms with E-state index in [1.165, 1.54) is 12.0 Å². The lowest BCUT2D eigenvalue weighted by atomic mass is 9.86. The Morgan fingerprint density at radius 3 is 2.42 bits per heavy atom. The molecule has 0 N–H and O–H groups in total. The summed E-state index contributed by atoms with van der Waals surface area (Å²) in [6.07, 6.45) is 6.40. The summed E-state index contributed by atoms with van der Waals surface area (Å²) in [5.41, 5.74) is 7.68.